The monoisotopic (exact) mass is 398 g/mol. The molecular formula is CrLaMnO4Sr+5. The Morgan fingerprint density at radius 3 is 1.12 bits per heavy atom. The molecule has 0 aliphatic carbocycles. The van der Waals surface area contributed by atoms with Gasteiger partial charge in [0.1, 0.15) is 0 Å². The predicted molar refractivity (Wildman–Crippen MR) is 7.13 cm³/mol. The van der Waals surface area contributed by atoms with Crippen molar-refractivity contribution in [2.45, 2.75) is 0 Å². The van der Waals surface area contributed by atoms with Crippen LogP contribution in [0.1, 0.15) is 0 Å². The van der Waals surface area contributed by atoms with E-state index in [1.807, 2.05) is 0 Å². The summed E-state index contributed by atoms with van der Waals surface area (Å²) in [5.74, 6) is 0. The summed E-state index contributed by atoms with van der Waals surface area (Å²) < 4.78 is 34.4. The van der Waals surface area contributed by atoms with Crippen LogP contribution in [0.5, 0.6) is 0 Å². The molecule has 37 valence electrons. The molecule has 0 aromatic carbocycles. The molecule has 0 spiro atoms. The van der Waals surface area contributed by atoms with Gasteiger partial charge in [0.2, 0.25) is 0 Å². The van der Waals surface area contributed by atoms with E-state index in [2.05, 4.69) is 0 Å². The number of hydrogen-bond acceptors (Lipinski definition) is 4. The fourth-order valence-corrected chi connectivity index (χ4v) is 0. The first kappa shape index (κ1) is 22.5. The first-order valence-electron chi connectivity index (χ1n) is 0.667. The van der Waals surface area contributed by atoms with Gasteiger partial charge in [-0.05, 0) is 0 Å². The van der Waals surface area contributed by atoms with Crippen LogP contribution in [0, 0.1) is 35.6 Å². The molecule has 0 saturated heterocycles. The molecule has 8 heavy (non-hydrogen) atoms. The summed E-state index contributed by atoms with van der Waals surface area (Å²) in [4.78, 5) is 0. The van der Waals surface area contributed by atoms with E-state index in [0.29, 0.717) is 0 Å². The first-order valence-corrected chi connectivity index (χ1v) is 2.75. The molecule has 8 heteroatoms. The first-order chi connectivity index (χ1) is 2.00. The molecule has 0 rings (SSSR count). The summed E-state index contributed by atoms with van der Waals surface area (Å²) in [5.41, 5.74) is 0. The smallest absolute Gasteiger partial charge is 2.00 e. The molecule has 0 aliphatic heterocycles. The average Bonchev–Trinajstić information content (AvgIpc) is 0.722. The zero-order chi connectivity index (χ0) is 4.50. The van der Waals surface area contributed by atoms with Crippen molar-refractivity contribution in [2.75, 3.05) is 0 Å². The van der Waals surface area contributed by atoms with Gasteiger partial charge in [-0.15, -0.1) is 0 Å². The van der Waals surface area contributed by atoms with Crippen molar-refractivity contribution in [1.29, 1.82) is 0 Å². The van der Waals surface area contributed by atoms with E-state index < -0.39 is 13.6 Å². The largest absolute Gasteiger partial charge is 2.00 e. The van der Waals surface area contributed by atoms with Crippen LogP contribution >= 0.6 is 0 Å². The fourth-order valence-electron chi connectivity index (χ4n) is 0. The summed E-state index contributed by atoms with van der Waals surface area (Å²) in [5, 5.41) is 0. The maximum atomic E-state index is 8.59. The molecule has 0 aromatic rings. The fraction of sp³-hybridized carbons (Fsp3) is 0. The maximum absolute atomic E-state index is 8.59. The molecule has 0 heterocycles. The van der Waals surface area contributed by atoms with E-state index in [1.165, 1.54) is 0 Å². The zero-order valence-corrected chi connectivity index (χ0v) is 13.3. The van der Waals surface area contributed by atoms with Crippen molar-refractivity contribution in [3.8, 4) is 0 Å². The van der Waals surface area contributed by atoms with Gasteiger partial charge in [-0.2, -0.15) is 0 Å². The second-order valence-electron chi connectivity index (χ2n) is 0.408. The number of hydrogen-bond donors (Lipinski definition) is 0. The van der Waals surface area contributed by atoms with Gasteiger partial charge in [-0.3, -0.25) is 0 Å². The summed E-state index contributed by atoms with van der Waals surface area (Å²) in [6.45, 7) is 0. The summed E-state index contributed by atoms with van der Waals surface area (Å²) in [7, 11) is 0. The molecule has 4 nitrogen and oxygen atoms in total. The van der Waals surface area contributed by atoms with Crippen molar-refractivity contribution >= 4 is 45.5 Å². The normalized spacial score (nSPS) is 7.25. The van der Waals surface area contributed by atoms with Crippen molar-refractivity contribution in [1.82, 2.24) is 0 Å². The third-order valence-corrected chi connectivity index (χ3v) is 0. The van der Waals surface area contributed by atoms with Crippen LogP contribution in [0.25, 0.3) is 0 Å². The Morgan fingerprint density at radius 1 is 1.12 bits per heavy atom. The van der Waals surface area contributed by atoms with Crippen LogP contribution in [-0.4, -0.2) is 45.5 Å². The van der Waals surface area contributed by atoms with Crippen molar-refractivity contribution < 1.29 is 82.2 Å². The summed E-state index contributed by atoms with van der Waals surface area (Å²) >= 11 is -5.75. The van der Waals surface area contributed by atoms with Crippen LogP contribution in [0.2, 0.25) is 0 Å². The molecule has 0 amide bonds. The summed E-state index contributed by atoms with van der Waals surface area (Å²) in [6.07, 6.45) is 0. The van der Waals surface area contributed by atoms with E-state index in [9.17, 15) is 0 Å². The Labute approximate surface area is 125 Å². The third-order valence-electron chi connectivity index (χ3n) is 0. The predicted octanol–water partition coefficient (Wildman–Crippen LogP) is -3.00. The van der Waals surface area contributed by atoms with E-state index in [1.54, 1.807) is 0 Å². The minimum Gasteiger partial charge on any atom is 2.00 e. The molecule has 0 unspecified atom stereocenters. The van der Waals surface area contributed by atoms with Crippen molar-refractivity contribution in [3.05, 3.63) is 0 Å². The minimum atomic E-state index is -5.75. The molecule has 0 bridgehead atoms. The maximum Gasteiger partial charge on any atom is 2.00 e. The molecule has 0 atom stereocenters. The van der Waals surface area contributed by atoms with Crippen LogP contribution < -0.4 is 8.32 Å². The number of rotatable bonds is 0. The Kier molecular flexibility index (Phi) is 28.8. The van der Waals surface area contributed by atoms with Gasteiger partial charge >= 0.3 is 128 Å². The van der Waals surface area contributed by atoms with Gasteiger partial charge < -0.3 is 0 Å². The zero-order valence-electron chi connectivity index (χ0n) is 3.70. The van der Waals surface area contributed by atoms with Crippen LogP contribution in [0.15, 0.2) is 0 Å². The molecule has 0 aromatic heterocycles. The second kappa shape index (κ2) is 10.2. The molecule has 0 saturated carbocycles. The van der Waals surface area contributed by atoms with E-state index in [0.717, 1.165) is 0 Å². The minimum absolute atomic E-state index is 0. The summed E-state index contributed by atoms with van der Waals surface area (Å²) in [6, 6.07) is 0. The Bertz CT molecular complexity index is 99.2. The van der Waals surface area contributed by atoms with Crippen molar-refractivity contribution in [3.63, 3.8) is 0 Å². The van der Waals surface area contributed by atoms with Crippen molar-refractivity contribution in [2.24, 2.45) is 0 Å². The van der Waals surface area contributed by atoms with E-state index in [4.69, 9.17) is 15.9 Å². The Balaban J connectivity index is -0.0000000267. The quantitative estimate of drug-likeness (QED) is 0.408. The second-order valence-corrected chi connectivity index (χ2v) is 1.68. The molecule has 1 radical (unpaired) electrons. The molecule has 0 fully saturated rings. The van der Waals surface area contributed by atoms with Gasteiger partial charge in [-0.25, -0.2) is 0 Å². The van der Waals surface area contributed by atoms with Crippen LogP contribution in [-0.2, 0) is 38.3 Å². The van der Waals surface area contributed by atoms with E-state index in [-0.39, 0.29) is 98.1 Å². The van der Waals surface area contributed by atoms with Gasteiger partial charge in [0, 0.05) is 0 Å². The van der Waals surface area contributed by atoms with Gasteiger partial charge in [0.15, 0.2) is 0 Å². The molecule has 0 aliphatic rings. The van der Waals surface area contributed by atoms with Gasteiger partial charge in [0.05, 0.1) is 0 Å². The topological polar surface area (TPSA) is 80.3 Å². The Hall–Kier alpha value is 3.25. The average molecular weight is 397 g/mol. The van der Waals surface area contributed by atoms with Gasteiger partial charge in [0.25, 0.3) is 0 Å². The van der Waals surface area contributed by atoms with Crippen LogP contribution in [0.4, 0.5) is 0 Å². The van der Waals surface area contributed by atoms with E-state index >= 15 is 0 Å². The molecular weight excluding hydrogens is 397 g/mol. The van der Waals surface area contributed by atoms with Gasteiger partial charge in [-0.1, -0.05) is 0 Å². The third kappa shape index (κ3) is 59.6. The standard InChI is InChI=1S/Cr.La.Mn.4O.Sr/q;+3;+2;;;2*-1;+2. The molecule has 0 N–H and O–H groups in total. The van der Waals surface area contributed by atoms with Crippen LogP contribution in [0.3, 0.4) is 0 Å². The Morgan fingerprint density at radius 2 is 1.12 bits per heavy atom. The SMILES string of the molecule is [La+3].[Mn+2].[O]=[Cr](=[O])([O-])[O-].[Sr+2].